The Morgan fingerprint density at radius 3 is 3.29 bits per heavy atom. The molecule has 1 aliphatic rings. The van der Waals surface area contributed by atoms with Crippen molar-refractivity contribution in [2.24, 2.45) is 0 Å². The smallest absolute Gasteiger partial charge is 0.163 e. The lowest BCUT2D eigenvalue weighted by atomic mass is 10.1. The summed E-state index contributed by atoms with van der Waals surface area (Å²) in [5.41, 5.74) is 0.877. The molecule has 5 nitrogen and oxygen atoms in total. The molecule has 1 N–H and O–H groups in total. The SMILES string of the molecule is c1cc2nnc(C3CCNC3)n2cn1. The highest BCUT2D eigenvalue weighted by Crippen LogP contribution is 2.20. The van der Waals surface area contributed by atoms with Crippen LogP contribution in [0.15, 0.2) is 18.6 Å². The van der Waals surface area contributed by atoms with Crippen LogP contribution in [-0.2, 0) is 0 Å². The van der Waals surface area contributed by atoms with E-state index >= 15 is 0 Å². The fraction of sp³-hybridized carbons (Fsp3) is 0.444. The van der Waals surface area contributed by atoms with Crippen molar-refractivity contribution in [3.8, 4) is 0 Å². The summed E-state index contributed by atoms with van der Waals surface area (Å²) >= 11 is 0. The van der Waals surface area contributed by atoms with Gasteiger partial charge in [-0.15, -0.1) is 10.2 Å². The molecule has 5 heteroatoms. The van der Waals surface area contributed by atoms with Gasteiger partial charge in [0.2, 0.25) is 0 Å². The second-order valence-corrected chi connectivity index (χ2v) is 3.56. The number of rotatable bonds is 1. The second-order valence-electron chi connectivity index (χ2n) is 3.56. The molecule has 0 aliphatic carbocycles. The van der Waals surface area contributed by atoms with E-state index in [1.807, 2.05) is 10.5 Å². The molecule has 0 bridgehead atoms. The molecule has 1 saturated heterocycles. The molecule has 2 aromatic heterocycles. The Morgan fingerprint density at radius 2 is 2.43 bits per heavy atom. The van der Waals surface area contributed by atoms with Crippen molar-refractivity contribution in [3.05, 3.63) is 24.4 Å². The number of fused-ring (bicyclic) bond motifs is 1. The number of hydrogen-bond donors (Lipinski definition) is 1. The van der Waals surface area contributed by atoms with Gasteiger partial charge in [-0.3, -0.25) is 4.40 Å². The highest BCUT2D eigenvalue weighted by atomic mass is 15.3. The Hall–Kier alpha value is -1.49. The molecule has 0 radical (unpaired) electrons. The largest absolute Gasteiger partial charge is 0.316 e. The summed E-state index contributed by atoms with van der Waals surface area (Å²) in [6, 6.07) is 1.87. The Morgan fingerprint density at radius 1 is 1.43 bits per heavy atom. The molecule has 0 spiro atoms. The summed E-state index contributed by atoms with van der Waals surface area (Å²) in [6.07, 6.45) is 4.65. The molecule has 14 heavy (non-hydrogen) atoms. The first-order valence-corrected chi connectivity index (χ1v) is 4.80. The summed E-state index contributed by atoms with van der Waals surface area (Å²) in [4.78, 5) is 4.08. The summed E-state index contributed by atoms with van der Waals surface area (Å²) < 4.78 is 1.97. The molecule has 1 atom stereocenters. The molecule has 72 valence electrons. The summed E-state index contributed by atoms with van der Waals surface area (Å²) in [7, 11) is 0. The van der Waals surface area contributed by atoms with Crippen LogP contribution in [0.1, 0.15) is 18.2 Å². The average molecular weight is 189 g/mol. The lowest BCUT2D eigenvalue weighted by molar-refractivity contribution is 0.688. The van der Waals surface area contributed by atoms with Crippen LogP contribution >= 0.6 is 0 Å². The van der Waals surface area contributed by atoms with Gasteiger partial charge < -0.3 is 5.32 Å². The average Bonchev–Trinajstić information content (AvgIpc) is 2.85. The van der Waals surface area contributed by atoms with E-state index in [2.05, 4.69) is 20.5 Å². The predicted molar refractivity (Wildman–Crippen MR) is 51.0 cm³/mol. The highest BCUT2D eigenvalue weighted by Gasteiger charge is 2.21. The third kappa shape index (κ3) is 1.09. The molecule has 0 saturated carbocycles. The number of nitrogens with zero attached hydrogens (tertiary/aromatic N) is 4. The Labute approximate surface area is 81.2 Å². The maximum absolute atomic E-state index is 4.21. The molecule has 1 aliphatic heterocycles. The maximum Gasteiger partial charge on any atom is 0.163 e. The molecule has 0 amide bonds. The quantitative estimate of drug-likeness (QED) is 0.696. The van der Waals surface area contributed by atoms with Crippen molar-refractivity contribution >= 4 is 5.65 Å². The zero-order chi connectivity index (χ0) is 9.38. The molecule has 2 aromatic rings. The van der Waals surface area contributed by atoms with Crippen molar-refractivity contribution in [2.75, 3.05) is 13.1 Å². The minimum Gasteiger partial charge on any atom is -0.316 e. The van der Waals surface area contributed by atoms with Crippen LogP contribution < -0.4 is 5.32 Å². The van der Waals surface area contributed by atoms with E-state index in [0.717, 1.165) is 31.0 Å². The first-order chi connectivity index (χ1) is 6.95. The monoisotopic (exact) mass is 189 g/mol. The molecule has 0 aromatic carbocycles. The highest BCUT2D eigenvalue weighted by molar-refractivity contribution is 5.36. The van der Waals surface area contributed by atoms with E-state index in [9.17, 15) is 0 Å². The lowest BCUT2D eigenvalue weighted by Crippen LogP contribution is -2.10. The standard InChI is InChI=1S/C9H11N5/c1-3-10-5-7(1)9-13-12-8-2-4-11-6-14(8)9/h2,4,6-7,10H,1,3,5H2. The zero-order valence-electron chi connectivity index (χ0n) is 7.72. The predicted octanol–water partition coefficient (Wildman–Crippen LogP) is 0.201. The van der Waals surface area contributed by atoms with E-state index in [0.29, 0.717) is 5.92 Å². The molecule has 1 unspecified atom stereocenters. The van der Waals surface area contributed by atoms with Gasteiger partial charge in [-0.2, -0.15) is 0 Å². The molecular weight excluding hydrogens is 178 g/mol. The topological polar surface area (TPSA) is 55.1 Å². The third-order valence-corrected chi connectivity index (χ3v) is 2.67. The van der Waals surface area contributed by atoms with Gasteiger partial charge in [-0.25, -0.2) is 4.98 Å². The first kappa shape index (κ1) is 7.87. The Balaban J connectivity index is 2.11. The number of hydrogen-bond acceptors (Lipinski definition) is 4. The fourth-order valence-electron chi connectivity index (χ4n) is 1.92. The Kier molecular flexibility index (Phi) is 1.70. The fourth-order valence-corrected chi connectivity index (χ4v) is 1.92. The minimum atomic E-state index is 0.481. The lowest BCUT2D eigenvalue weighted by Gasteiger charge is -2.04. The van der Waals surface area contributed by atoms with Crippen molar-refractivity contribution in [1.29, 1.82) is 0 Å². The van der Waals surface area contributed by atoms with Crippen LogP contribution in [0.5, 0.6) is 0 Å². The van der Waals surface area contributed by atoms with Crippen molar-refractivity contribution in [1.82, 2.24) is 24.9 Å². The van der Waals surface area contributed by atoms with Gasteiger partial charge in [0, 0.05) is 24.7 Å². The van der Waals surface area contributed by atoms with Gasteiger partial charge in [0.05, 0.1) is 0 Å². The number of nitrogens with one attached hydrogen (secondary N) is 1. The molecule has 3 heterocycles. The first-order valence-electron chi connectivity index (χ1n) is 4.80. The third-order valence-electron chi connectivity index (χ3n) is 2.67. The van der Waals surface area contributed by atoms with Crippen LogP contribution in [0.3, 0.4) is 0 Å². The van der Waals surface area contributed by atoms with Crippen LogP contribution in [0, 0.1) is 0 Å². The second kappa shape index (κ2) is 3.02. The van der Waals surface area contributed by atoms with Crippen molar-refractivity contribution < 1.29 is 0 Å². The van der Waals surface area contributed by atoms with Crippen LogP contribution in [-0.4, -0.2) is 32.7 Å². The number of aromatic nitrogens is 4. The summed E-state index contributed by atoms with van der Waals surface area (Å²) in [5, 5.41) is 11.6. The van der Waals surface area contributed by atoms with E-state index in [1.54, 1.807) is 12.5 Å². The maximum atomic E-state index is 4.21. The molecular formula is C9H11N5. The van der Waals surface area contributed by atoms with Gasteiger partial charge in [0.25, 0.3) is 0 Å². The van der Waals surface area contributed by atoms with Crippen LogP contribution in [0.25, 0.3) is 5.65 Å². The van der Waals surface area contributed by atoms with E-state index in [-0.39, 0.29) is 0 Å². The van der Waals surface area contributed by atoms with Gasteiger partial charge in [-0.1, -0.05) is 0 Å². The van der Waals surface area contributed by atoms with E-state index in [1.165, 1.54) is 0 Å². The van der Waals surface area contributed by atoms with Gasteiger partial charge in [0.1, 0.15) is 12.2 Å². The van der Waals surface area contributed by atoms with Crippen LogP contribution in [0.2, 0.25) is 0 Å². The van der Waals surface area contributed by atoms with Gasteiger partial charge in [0.15, 0.2) is 5.65 Å². The molecule has 1 fully saturated rings. The van der Waals surface area contributed by atoms with Gasteiger partial charge >= 0.3 is 0 Å². The van der Waals surface area contributed by atoms with Gasteiger partial charge in [-0.05, 0) is 13.0 Å². The van der Waals surface area contributed by atoms with Crippen LogP contribution in [0.4, 0.5) is 0 Å². The summed E-state index contributed by atoms with van der Waals surface area (Å²) in [6.45, 7) is 2.07. The Bertz CT molecular complexity index is 443. The van der Waals surface area contributed by atoms with Crippen molar-refractivity contribution in [2.45, 2.75) is 12.3 Å². The minimum absolute atomic E-state index is 0.481. The normalized spacial score (nSPS) is 21.9. The summed E-state index contributed by atoms with van der Waals surface area (Å²) in [5.74, 6) is 1.51. The van der Waals surface area contributed by atoms with E-state index in [4.69, 9.17) is 0 Å². The van der Waals surface area contributed by atoms with E-state index < -0.39 is 0 Å². The zero-order valence-corrected chi connectivity index (χ0v) is 7.72. The van der Waals surface area contributed by atoms with Crippen molar-refractivity contribution in [3.63, 3.8) is 0 Å². The molecule has 3 rings (SSSR count).